The number of ether oxygens (including phenoxy) is 1. The van der Waals surface area contributed by atoms with Crippen LogP contribution in [0.1, 0.15) is 28.3 Å². The summed E-state index contributed by atoms with van der Waals surface area (Å²) in [5.41, 5.74) is 3.26. The van der Waals surface area contributed by atoms with Gasteiger partial charge in [0.1, 0.15) is 17.3 Å². The molecule has 176 valence electrons. The Morgan fingerprint density at radius 3 is 2.51 bits per heavy atom. The summed E-state index contributed by atoms with van der Waals surface area (Å²) in [5.74, 6) is -1.69. The second-order valence-corrected chi connectivity index (χ2v) is 8.44. The van der Waals surface area contributed by atoms with Gasteiger partial charge in [0.05, 0.1) is 29.8 Å². The van der Waals surface area contributed by atoms with E-state index in [-0.39, 0.29) is 17.3 Å². The number of H-pyrrole nitrogens is 1. The number of Topliss-reactive ketones (excluding diaryl/α,β-unsaturated/α-hetero) is 1. The van der Waals surface area contributed by atoms with Crippen LogP contribution in [0.25, 0.3) is 16.8 Å². The summed E-state index contributed by atoms with van der Waals surface area (Å²) < 4.78 is 19.1. The SMILES string of the molecule is COc1cc(C)c(/C(O)=C2\C(=O)C(=O)N(c3nc4ccc(F)cc4[nH]3)C2c2ccccc2)cc1C. The highest BCUT2D eigenvalue weighted by atomic mass is 19.1. The first-order chi connectivity index (χ1) is 16.8. The highest BCUT2D eigenvalue weighted by Gasteiger charge is 2.48. The number of methoxy groups -OCH3 is 1. The molecule has 35 heavy (non-hydrogen) atoms. The summed E-state index contributed by atoms with van der Waals surface area (Å²) in [7, 11) is 1.56. The molecule has 5 rings (SSSR count). The molecule has 1 unspecified atom stereocenters. The van der Waals surface area contributed by atoms with Gasteiger partial charge in [-0.15, -0.1) is 0 Å². The fourth-order valence-electron chi connectivity index (χ4n) is 4.49. The fourth-order valence-corrected chi connectivity index (χ4v) is 4.49. The molecule has 0 saturated carbocycles. The highest BCUT2D eigenvalue weighted by Crippen LogP contribution is 2.42. The van der Waals surface area contributed by atoms with Crippen LogP contribution in [-0.2, 0) is 9.59 Å². The smallest absolute Gasteiger partial charge is 0.302 e. The molecule has 0 radical (unpaired) electrons. The maximum atomic E-state index is 13.8. The molecule has 1 aromatic heterocycles. The number of halogens is 1. The molecule has 8 heteroatoms. The summed E-state index contributed by atoms with van der Waals surface area (Å²) in [6, 6.07) is 15.5. The van der Waals surface area contributed by atoms with Crippen molar-refractivity contribution in [3.63, 3.8) is 0 Å². The zero-order chi connectivity index (χ0) is 24.9. The number of ketones is 1. The summed E-state index contributed by atoms with van der Waals surface area (Å²) >= 11 is 0. The van der Waals surface area contributed by atoms with Crippen LogP contribution in [0.4, 0.5) is 10.3 Å². The van der Waals surface area contributed by atoms with Gasteiger partial charge >= 0.3 is 5.91 Å². The van der Waals surface area contributed by atoms with Crippen molar-refractivity contribution in [3.05, 3.63) is 94.3 Å². The molecule has 2 N–H and O–H groups in total. The zero-order valence-electron chi connectivity index (χ0n) is 19.3. The van der Waals surface area contributed by atoms with E-state index in [1.54, 1.807) is 50.4 Å². The number of nitrogens with one attached hydrogen (secondary N) is 1. The van der Waals surface area contributed by atoms with Crippen LogP contribution < -0.4 is 9.64 Å². The van der Waals surface area contributed by atoms with Crippen molar-refractivity contribution in [1.29, 1.82) is 0 Å². The van der Waals surface area contributed by atoms with E-state index in [4.69, 9.17) is 4.74 Å². The number of aromatic amines is 1. The number of amides is 1. The average molecular weight is 471 g/mol. The molecule has 1 saturated heterocycles. The Morgan fingerprint density at radius 1 is 1.06 bits per heavy atom. The zero-order valence-corrected chi connectivity index (χ0v) is 19.3. The fraction of sp³-hybridized carbons (Fsp3) is 0.148. The van der Waals surface area contributed by atoms with Gasteiger partial charge in [-0.3, -0.25) is 14.5 Å². The van der Waals surface area contributed by atoms with Crippen LogP contribution in [-0.4, -0.2) is 33.9 Å². The van der Waals surface area contributed by atoms with Crippen molar-refractivity contribution in [2.24, 2.45) is 0 Å². The number of aromatic nitrogens is 2. The lowest BCUT2D eigenvalue weighted by atomic mass is 9.93. The van der Waals surface area contributed by atoms with Gasteiger partial charge < -0.3 is 14.8 Å². The van der Waals surface area contributed by atoms with Crippen molar-refractivity contribution >= 4 is 34.4 Å². The number of fused-ring (bicyclic) bond motifs is 1. The van der Waals surface area contributed by atoms with Crippen LogP contribution >= 0.6 is 0 Å². The molecular weight excluding hydrogens is 449 g/mol. The van der Waals surface area contributed by atoms with Crippen LogP contribution in [0.15, 0.2) is 66.2 Å². The first-order valence-corrected chi connectivity index (χ1v) is 11.0. The van der Waals surface area contributed by atoms with Gasteiger partial charge in [0.2, 0.25) is 5.95 Å². The van der Waals surface area contributed by atoms with Gasteiger partial charge in [0.15, 0.2) is 0 Å². The standard InChI is InChI=1S/C27H22FN3O4/c1-14-12-21(35-3)15(2)11-18(14)24(32)22-23(16-7-5-4-6-8-16)31(26(34)25(22)33)27-29-19-10-9-17(28)13-20(19)30-27/h4-13,23,32H,1-3H3,(H,29,30)/b24-22+. The molecule has 1 aliphatic rings. The molecule has 2 heterocycles. The largest absolute Gasteiger partial charge is 0.507 e. The van der Waals surface area contributed by atoms with E-state index in [9.17, 15) is 19.1 Å². The van der Waals surface area contributed by atoms with E-state index in [0.717, 1.165) is 5.56 Å². The molecule has 3 aromatic carbocycles. The number of aliphatic hydroxyl groups excluding tert-OH is 1. The van der Waals surface area contributed by atoms with Gasteiger partial charge in [-0.1, -0.05) is 30.3 Å². The molecule has 1 atom stereocenters. The lowest BCUT2D eigenvalue weighted by molar-refractivity contribution is -0.132. The van der Waals surface area contributed by atoms with Crippen LogP contribution in [0.2, 0.25) is 0 Å². The maximum absolute atomic E-state index is 13.8. The molecule has 1 fully saturated rings. The minimum atomic E-state index is -0.941. The van der Waals surface area contributed by atoms with Gasteiger partial charge in [0.25, 0.3) is 5.78 Å². The first kappa shape index (κ1) is 22.3. The summed E-state index contributed by atoms with van der Waals surface area (Å²) in [6.07, 6.45) is 0. The van der Waals surface area contributed by atoms with Crippen molar-refractivity contribution in [3.8, 4) is 5.75 Å². The number of nitrogens with zero attached hydrogens (tertiary/aromatic N) is 2. The molecule has 0 bridgehead atoms. The number of aliphatic hydroxyl groups is 1. The number of carbonyl (C=O) groups is 2. The second kappa shape index (κ2) is 8.39. The number of anilines is 1. The predicted molar refractivity (Wildman–Crippen MR) is 130 cm³/mol. The van der Waals surface area contributed by atoms with Gasteiger partial charge in [-0.05, 0) is 60.9 Å². The maximum Gasteiger partial charge on any atom is 0.302 e. The van der Waals surface area contributed by atoms with E-state index in [1.165, 1.54) is 23.1 Å². The Labute approximate surface area is 200 Å². The molecule has 1 aliphatic heterocycles. The molecule has 0 aliphatic carbocycles. The van der Waals surface area contributed by atoms with E-state index >= 15 is 0 Å². The van der Waals surface area contributed by atoms with E-state index < -0.39 is 23.5 Å². The summed E-state index contributed by atoms with van der Waals surface area (Å²) in [4.78, 5) is 35.2. The number of benzene rings is 3. The quantitative estimate of drug-likeness (QED) is 0.249. The summed E-state index contributed by atoms with van der Waals surface area (Å²) in [5, 5.41) is 11.4. The van der Waals surface area contributed by atoms with Crippen LogP contribution in [0.5, 0.6) is 5.75 Å². The van der Waals surface area contributed by atoms with Gasteiger partial charge in [-0.2, -0.15) is 0 Å². The van der Waals surface area contributed by atoms with E-state index in [2.05, 4.69) is 9.97 Å². The molecule has 1 amide bonds. The van der Waals surface area contributed by atoms with Crippen molar-refractivity contribution in [1.82, 2.24) is 9.97 Å². The number of rotatable bonds is 4. The van der Waals surface area contributed by atoms with Gasteiger partial charge in [0, 0.05) is 5.56 Å². The second-order valence-electron chi connectivity index (χ2n) is 8.44. The third-order valence-electron chi connectivity index (χ3n) is 6.22. The molecule has 4 aromatic rings. The Bertz CT molecular complexity index is 1520. The highest BCUT2D eigenvalue weighted by molar-refractivity contribution is 6.51. The molecule has 0 spiro atoms. The molecule has 7 nitrogen and oxygen atoms in total. The number of carbonyl (C=O) groups excluding carboxylic acids is 2. The third kappa shape index (κ3) is 3.63. The Morgan fingerprint density at radius 2 is 1.80 bits per heavy atom. The number of hydrogen-bond donors (Lipinski definition) is 2. The monoisotopic (exact) mass is 471 g/mol. The minimum absolute atomic E-state index is 0.0551. The van der Waals surface area contributed by atoms with Crippen LogP contribution in [0.3, 0.4) is 0 Å². The summed E-state index contributed by atoms with van der Waals surface area (Å²) in [6.45, 7) is 3.62. The first-order valence-electron chi connectivity index (χ1n) is 11.0. The Balaban J connectivity index is 1.74. The number of aryl methyl sites for hydroxylation is 2. The molecular formula is C27H22FN3O4. The lowest BCUT2D eigenvalue weighted by Gasteiger charge is -2.23. The Kier molecular flexibility index (Phi) is 5.36. The van der Waals surface area contributed by atoms with Crippen molar-refractivity contribution in [2.45, 2.75) is 19.9 Å². The minimum Gasteiger partial charge on any atom is -0.507 e. The van der Waals surface area contributed by atoms with Crippen LogP contribution in [0, 0.1) is 19.7 Å². The van der Waals surface area contributed by atoms with E-state index in [1.807, 2.05) is 13.0 Å². The van der Waals surface area contributed by atoms with Crippen molar-refractivity contribution in [2.75, 3.05) is 12.0 Å². The normalized spacial score (nSPS) is 17.4. The van der Waals surface area contributed by atoms with Crippen molar-refractivity contribution < 1.29 is 23.8 Å². The third-order valence-corrected chi connectivity index (χ3v) is 6.22. The van der Waals surface area contributed by atoms with Gasteiger partial charge in [-0.25, -0.2) is 9.37 Å². The topological polar surface area (TPSA) is 95.5 Å². The number of hydrogen-bond acceptors (Lipinski definition) is 5. The Hall–Kier alpha value is -4.46. The predicted octanol–water partition coefficient (Wildman–Crippen LogP) is 4.95. The lowest BCUT2D eigenvalue weighted by Crippen LogP contribution is -2.30. The number of imidazole rings is 1. The van der Waals surface area contributed by atoms with E-state index in [0.29, 0.717) is 33.5 Å². The average Bonchev–Trinajstić information content (AvgIpc) is 3.38.